The van der Waals surface area contributed by atoms with Crippen LogP contribution in [0.15, 0.2) is 6.07 Å². The normalized spacial score (nSPS) is 10.9. The first-order chi connectivity index (χ1) is 9.65. The standard InChI is InChI=1S/C17H26N2O2/c1-11-8-12(2)17(14(4)20)13(3)15(11)9-19(7)10-16(21)18(5)6/h8H,9-10H2,1-7H3. The van der Waals surface area contributed by atoms with Crippen LogP contribution in [0.5, 0.6) is 0 Å². The number of carbonyl (C=O) groups is 2. The number of hydrogen-bond acceptors (Lipinski definition) is 3. The summed E-state index contributed by atoms with van der Waals surface area (Å²) in [6, 6.07) is 2.06. The minimum Gasteiger partial charge on any atom is -0.348 e. The molecule has 1 aromatic rings. The van der Waals surface area contributed by atoms with Gasteiger partial charge in [-0.2, -0.15) is 0 Å². The Morgan fingerprint density at radius 1 is 1.05 bits per heavy atom. The molecule has 0 spiro atoms. The van der Waals surface area contributed by atoms with Gasteiger partial charge in [0.1, 0.15) is 0 Å². The average Bonchev–Trinajstić information content (AvgIpc) is 2.33. The van der Waals surface area contributed by atoms with Gasteiger partial charge >= 0.3 is 0 Å². The fraction of sp³-hybridized carbons (Fsp3) is 0.529. The van der Waals surface area contributed by atoms with E-state index in [1.54, 1.807) is 25.9 Å². The number of likely N-dealkylation sites (N-methyl/N-ethyl adjacent to an activating group) is 2. The zero-order chi connectivity index (χ0) is 16.3. The van der Waals surface area contributed by atoms with Crippen LogP contribution in [0, 0.1) is 20.8 Å². The van der Waals surface area contributed by atoms with Crippen molar-refractivity contribution in [1.29, 1.82) is 0 Å². The highest BCUT2D eigenvalue weighted by molar-refractivity contribution is 5.97. The number of hydrogen-bond donors (Lipinski definition) is 0. The minimum absolute atomic E-state index is 0.0757. The predicted molar refractivity (Wildman–Crippen MR) is 85.7 cm³/mol. The van der Waals surface area contributed by atoms with Crippen LogP contribution in [0.4, 0.5) is 0 Å². The summed E-state index contributed by atoms with van der Waals surface area (Å²) in [4.78, 5) is 27.2. The second-order valence-electron chi connectivity index (χ2n) is 6.01. The van der Waals surface area contributed by atoms with E-state index in [4.69, 9.17) is 0 Å². The Labute approximate surface area is 127 Å². The Kier molecular flexibility index (Phi) is 5.67. The molecule has 0 saturated heterocycles. The lowest BCUT2D eigenvalue weighted by atomic mass is 9.91. The summed E-state index contributed by atoms with van der Waals surface area (Å²) < 4.78 is 0. The van der Waals surface area contributed by atoms with E-state index in [9.17, 15) is 9.59 Å². The maximum atomic E-state index is 11.8. The van der Waals surface area contributed by atoms with Crippen molar-refractivity contribution < 1.29 is 9.59 Å². The van der Waals surface area contributed by atoms with Gasteiger partial charge in [0.25, 0.3) is 0 Å². The molecule has 0 saturated carbocycles. The summed E-state index contributed by atoms with van der Waals surface area (Å²) in [7, 11) is 5.44. The monoisotopic (exact) mass is 290 g/mol. The lowest BCUT2D eigenvalue weighted by molar-refractivity contribution is -0.129. The number of Topliss-reactive ketones (excluding diaryl/α,β-unsaturated/α-hetero) is 1. The number of nitrogens with zero attached hydrogens (tertiary/aromatic N) is 2. The smallest absolute Gasteiger partial charge is 0.236 e. The largest absolute Gasteiger partial charge is 0.348 e. The topological polar surface area (TPSA) is 40.6 Å². The first kappa shape index (κ1) is 17.4. The lowest BCUT2D eigenvalue weighted by Gasteiger charge is -2.22. The van der Waals surface area contributed by atoms with Gasteiger partial charge in [-0.25, -0.2) is 0 Å². The van der Waals surface area contributed by atoms with Gasteiger partial charge in [0.15, 0.2) is 5.78 Å². The summed E-state index contributed by atoms with van der Waals surface area (Å²) in [5, 5.41) is 0. The van der Waals surface area contributed by atoms with Gasteiger partial charge in [-0.15, -0.1) is 0 Å². The molecule has 21 heavy (non-hydrogen) atoms. The maximum Gasteiger partial charge on any atom is 0.236 e. The van der Waals surface area contributed by atoms with E-state index in [1.165, 1.54) is 5.56 Å². The molecule has 0 heterocycles. The molecule has 0 aromatic heterocycles. The minimum atomic E-state index is 0.0757. The molecule has 0 atom stereocenters. The van der Waals surface area contributed by atoms with Crippen LogP contribution in [-0.2, 0) is 11.3 Å². The number of rotatable bonds is 5. The van der Waals surface area contributed by atoms with E-state index >= 15 is 0 Å². The van der Waals surface area contributed by atoms with Crippen molar-refractivity contribution in [2.75, 3.05) is 27.7 Å². The van der Waals surface area contributed by atoms with E-state index in [-0.39, 0.29) is 11.7 Å². The molecule has 4 nitrogen and oxygen atoms in total. The van der Waals surface area contributed by atoms with Crippen LogP contribution >= 0.6 is 0 Å². The van der Waals surface area contributed by atoms with Gasteiger partial charge in [0.2, 0.25) is 5.91 Å². The molecule has 0 N–H and O–H groups in total. The fourth-order valence-electron chi connectivity index (χ4n) is 2.71. The maximum absolute atomic E-state index is 11.8. The average molecular weight is 290 g/mol. The van der Waals surface area contributed by atoms with E-state index < -0.39 is 0 Å². The predicted octanol–water partition coefficient (Wildman–Crippen LogP) is 2.33. The molecule has 0 fully saturated rings. The number of ketones is 1. The van der Waals surface area contributed by atoms with E-state index in [0.29, 0.717) is 13.1 Å². The van der Waals surface area contributed by atoms with Gasteiger partial charge in [-0.1, -0.05) is 6.07 Å². The molecule has 0 unspecified atom stereocenters. The Morgan fingerprint density at radius 2 is 1.62 bits per heavy atom. The molecule has 1 rings (SSSR count). The van der Waals surface area contributed by atoms with Crippen molar-refractivity contribution in [1.82, 2.24) is 9.80 Å². The highest BCUT2D eigenvalue weighted by Crippen LogP contribution is 2.23. The third-order valence-corrected chi connectivity index (χ3v) is 3.82. The van der Waals surface area contributed by atoms with Gasteiger partial charge < -0.3 is 4.90 Å². The summed E-state index contributed by atoms with van der Waals surface area (Å²) in [6.07, 6.45) is 0. The molecule has 0 aliphatic rings. The van der Waals surface area contributed by atoms with Gasteiger partial charge in [0.05, 0.1) is 6.54 Å². The summed E-state index contributed by atoms with van der Waals surface area (Å²) >= 11 is 0. The number of carbonyl (C=O) groups excluding carboxylic acids is 2. The summed E-state index contributed by atoms with van der Waals surface area (Å²) in [6.45, 7) is 8.66. The third-order valence-electron chi connectivity index (χ3n) is 3.82. The molecule has 1 amide bonds. The molecular weight excluding hydrogens is 264 g/mol. The third kappa shape index (κ3) is 4.14. The van der Waals surface area contributed by atoms with E-state index in [0.717, 1.165) is 22.3 Å². The fourth-order valence-corrected chi connectivity index (χ4v) is 2.71. The van der Waals surface area contributed by atoms with Crippen molar-refractivity contribution >= 4 is 11.7 Å². The highest BCUT2D eigenvalue weighted by atomic mass is 16.2. The molecule has 0 aliphatic carbocycles. The number of amides is 1. The molecule has 116 valence electrons. The van der Waals surface area contributed by atoms with E-state index in [1.807, 2.05) is 25.8 Å². The quantitative estimate of drug-likeness (QED) is 0.782. The van der Waals surface area contributed by atoms with Gasteiger partial charge in [0, 0.05) is 26.2 Å². The summed E-state index contributed by atoms with van der Waals surface area (Å²) in [5.41, 5.74) is 5.17. The number of aryl methyl sites for hydroxylation is 2. The van der Waals surface area contributed by atoms with Crippen LogP contribution in [-0.4, -0.2) is 49.2 Å². The molecule has 1 aromatic carbocycles. The zero-order valence-corrected chi connectivity index (χ0v) is 14.2. The SMILES string of the molecule is CC(=O)c1c(C)cc(C)c(CN(C)CC(=O)N(C)C)c1C. The molecule has 0 aliphatic heterocycles. The Balaban J connectivity index is 3.06. The Hall–Kier alpha value is -1.68. The van der Waals surface area contributed by atoms with Gasteiger partial charge in [-0.05, 0) is 57.0 Å². The Bertz CT molecular complexity index is 562. The first-order valence-electron chi connectivity index (χ1n) is 7.14. The van der Waals surface area contributed by atoms with Crippen molar-refractivity contribution in [3.63, 3.8) is 0 Å². The van der Waals surface area contributed by atoms with E-state index in [2.05, 4.69) is 13.0 Å². The Morgan fingerprint density at radius 3 is 2.10 bits per heavy atom. The van der Waals surface area contributed by atoms with Crippen molar-refractivity contribution in [2.24, 2.45) is 0 Å². The van der Waals surface area contributed by atoms with Crippen molar-refractivity contribution in [3.8, 4) is 0 Å². The van der Waals surface area contributed by atoms with Crippen LogP contribution in [0.2, 0.25) is 0 Å². The van der Waals surface area contributed by atoms with Crippen LogP contribution in [0.25, 0.3) is 0 Å². The lowest BCUT2D eigenvalue weighted by Crippen LogP contribution is -2.34. The van der Waals surface area contributed by atoms with Crippen LogP contribution < -0.4 is 0 Å². The first-order valence-corrected chi connectivity index (χ1v) is 7.14. The summed E-state index contributed by atoms with van der Waals surface area (Å²) in [5.74, 6) is 0.171. The highest BCUT2D eigenvalue weighted by Gasteiger charge is 2.16. The van der Waals surface area contributed by atoms with Crippen molar-refractivity contribution in [2.45, 2.75) is 34.2 Å². The molecule has 4 heteroatoms. The van der Waals surface area contributed by atoms with Crippen LogP contribution in [0.3, 0.4) is 0 Å². The molecular formula is C17H26N2O2. The van der Waals surface area contributed by atoms with Gasteiger partial charge in [-0.3, -0.25) is 14.5 Å². The number of benzene rings is 1. The molecule has 0 radical (unpaired) electrons. The second kappa shape index (κ2) is 6.85. The zero-order valence-electron chi connectivity index (χ0n) is 14.2. The second-order valence-corrected chi connectivity index (χ2v) is 6.01. The molecule has 0 bridgehead atoms. The van der Waals surface area contributed by atoms with Crippen LogP contribution in [0.1, 0.15) is 39.5 Å². The van der Waals surface area contributed by atoms with Crippen molar-refractivity contribution in [3.05, 3.63) is 33.9 Å².